The fraction of sp³-hybridized carbons (Fsp3) is 0.250. The summed E-state index contributed by atoms with van der Waals surface area (Å²) in [5.41, 5.74) is 4.01. The normalized spacial score (nSPS) is 31.6. The van der Waals surface area contributed by atoms with Gasteiger partial charge in [0, 0.05) is 21.5 Å². The summed E-state index contributed by atoms with van der Waals surface area (Å²) in [5, 5.41) is 13.0. The Morgan fingerprint density at radius 3 is 2.67 bits per heavy atom. The molecular formula is C20H16BrNO2. The molecule has 0 aromatic heterocycles. The van der Waals surface area contributed by atoms with Crippen molar-refractivity contribution in [2.75, 3.05) is 5.32 Å². The molecule has 5 rings (SSSR count). The van der Waals surface area contributed by atoms with Gasteiger partial charge < -0.3 is 10.4 Å². The molecule has 4 atom stereocenters. The molecule has 1 saturated carbocycles. The fourth-order valence-electron chi connectivity index (χ4n) is 4.68. The maximum atomic E-state index is 11.3. The van der Waals surface area contributed by atoms with Crippen molar-refractivity contribution >= 4 is 27.6 Å². The summed E-state index contributed by atoms with van der Waals surface area (Å²) < 4.78 is 1.08. The first kappa shape index (κ1) is 14.3. The first-order valence-corrected chi connectivity index (χ1v) is 8.96. The van der Waals surface area contributed by atoms with Crippen LogP contribution in [-0.4, -0.2) is 11.1 Å². The Labute approximate surface area is 148 Å². The van der Waals surface area contributed by atoms with Gasteiger partial charge in [-0.15, -0.1) is 0 Å². The summed E-state index contributed by atoms with van der Waals surface area (Å²) in [5.74, 6) is 0.0215. The van der Waals surface area contributed by atoms with Gasteiger partial charge in [0.25, 0.3) is 0 Å². The highest BCUT2D eigenvalue weighted by Crippen LogP contribution is 2.74. The van der Waals surface area contributed by atoms with E-state index in [0.717, 1.165) is 15.7 Å². The number of nitrogens with one attached hydrogen (secondary N) is 1. The lowest BCUT2D eigenvalue weighted by atomic mass is 9.73. The number of fused-ring (bicyclic) bond motifs is 2. The zero-order valence-electron chi connectivity index (χ0n) is 12.9. The molecule has 0 amide bonds. The number of hydrogen-bond donors (Lipinski definition) is 2. The van der Waals surface area contributed by atoms with Gasteiger partial charge in [0.1, 0.15) is 0 Å². The van der Waals surface area contributed by atoms with Crippen molar-refractivity contribution in [1.82, 2.24) is 0 Å². The van der Waals surface area contributed by atoms with Gasteiger partial charge in [0.15, 0.2) is 0 Å². The standard InChI is InChI=1S/C20H16BrNO2/c21-14-5-1-11(2-6-14)18-20-10-13(20)4-7-16(20)15-9-12(19(23)24)3-8-17(15)22-18/h1-9,13,16,18,22H,10H2,(H,23,24)/t13?,16-,18-,20?/m1/s1. The Kier molecular flexibility index (Phi) is 2.82. The minimum atomic E-state index is -0.865. The lowest BCUT2D eigenvalue weighted by Gasteiger charge is -2.40. The zero-order chi connectivity index (χ0) is 16.5. The average Bonchev–Trinajstić information content (AvgIpc) is 3.17. The minimum absolute atomic E-state index is 0.165. The van der Waals surface area contributed by atoms with E-state index >= 15 is 0 Å². The molecule has 2 aromatic rings. The van der Waals surface area contributed by atoms with E-state index in [1.807, 2.05) is 12.1 Å². The SMILES string of the molecule is O=C(O)c1ccc2c(c1)[C@H]1C=CC3CC31[C@@H](c1ccc(Br)cc1)N2. The molecule has 1 heterocycles. The van der Waals surface area contributed by atoms with Crippen LogP contribution in [0.3, 0.4) is 0 Å². The van der Waals surface area contributed by atoms with Gasteiger partial charge in [-0.3, -0.25) is 0 Å². The van der Waals surface area contributed by atoms with Crippen LogP contribution in [-0.2, 0) is 0 Å². The van der Waals surface area contributed by atoms with Crippen LogP contribution in [0.1, 0.15) is 39.9 Å². The van der Waals surface area contributed by atoms with E-state index in [0.29, 0.717) is 17.4 Å². The number of rotatable bonds is 2. The maximum absolute atomic E-state index is 11.3. The summed E-state index contributed by atoms with van der Waals surface area (Å²) in [6.45, 7) is 0. The Morgan fingerprint density at radius 2 is 1.96 bits per heavy atom. The molecule has 2 aliphatic carbocycles. The van der Waals surface area contributed by atoms with E-state index in [1.165, 1.54) is 12.0 Å². The molecule has 3 nitrogen and oxygen atoms in total. The van der Waals surface area contributed by atoms with E-state index in [1.54, 1.807) is 6.07 Å². The molecule has 2 aromatic carbocycles. The molecule has 1 aliphatic heterocycles. The van der Waals surface area contributed by atoms with E-state index in [2.05, 4.69) is 57.7 Å². The van der Waals surface area contributed by atoms with Gasteiger partial charge in [-0.1, -0.05) is 40.2 Å². The molecule has 24 heavy (non-hydrogen) atoms. The molecular weight excluding hydrogens is 366 g/mol. The summed E-state index contributed by atoms with van der Waals surface area (Å²) >= 11 is 3.51. The highest BCUT2D eigenvalue weighted by Gasteiger charge is 2.66. The predicted molar refractivity (Wildman–Crippen MR) is 96.3 cm³/mol. The number of carbonyl (C=O) groups is 1. The van der Waals surface area contributed by atoms with Gasteiger partial charge in [0.2, 0.25) is 0 Å². The number of halogens is 1. The first-order valence-electron chi connectivity index (χ1n) is 8.17. The van der Waals surface area contributed by atoms with E-state index in [-0.39, 0.29) is 11.5 Å². The predicted octanol–water partition coefficient (Wildman–Crippen LogP) is 4.97. The van der Waals surface area contributed by atoms with Crippen LogP contribution in [0.25, 0.3) is 0 Å². The third-order valence-corrected chi connectivity index (χ3v) is 6.42. The number of allylic oxidation sites excluding steroid dienone is 2. The average molecular weight is 382 g/mol. The van der Waals surface area contributed by atoms with Crippen molar-refractivity contribution in [3.63, 3.8) is 0 Å². The molecule has 0 radical (unpaired) electrons. The molecule has 2 unspecified atom stereocenters. The fourth-order valence-corrected chi connectivity index (χ4v) is 4.94. The Bertz CT molecular complexity index is 889. The van der Waals surface area contributed by atoms with Crippen molar-refractivity contribution in [1.29, 1.82) is 0 Å². The Hall–Kier alpha value is -2.07. The largest absolute Gasteiger partial charge is 0.478 e. The van der Waals surface area contributed by atoms with E-state index < -0.39 is 5.97 Å². The van der Waals surface area contributed by atoms with Crippen LogP contribution < -0.4 is 5.32 Å². The highest BCUT2D eigenvalue weighted by molar-refractivity contribution is 9.10. The number of aromatic carboxylic acids is 1. The van der Waals surface area contributed by atoms with Crippen molar-refractivity contribution < 1.29 is 9.90 Å². The van der Waals surface area contributed by atoms with Gasteiger partial charge in [-0.2, -0.15) is 0 Å². The summed E-state index contributed by atoms with van der Waals surface area (Å²) in [6, 6.07) is 14.3. The summed E-state index contributed by atoms with van der Waals surface area (Å²) in [4.78, 5) is 11.3. The van der Waals surface area contributed by atoms with Crippen LogP contribution in [0.15, 0.2) is 59.1 Å². The molecule has 2 N–H and O–H groups in total. The Morgan fingerprint density at radius 1 is 1.17 bits per heavy atom. The van der Waals surface area contributed by atoms with Gasteiger partial charge in [0.05, 0.1) is 11.6 Å². The van der Waals surface area contributed by atoms with Crippen LogP contribution in [0, 0.1) is 11.3 Å². The van der Waals surface area contributed by atoms with Crippen molar-refractivity contribution in [2.24, 2.45) is 11.3 Å². The van der Waals surface area contributed by atoms with Crippen molar-refractivity contribution in [3.05, 3.63) is 75.8 Å². The zero-order valence-corrected chi connectivity index (χ0v) is 14.5. The van der Waals surface area contributed by atoms with Crippen LogP contribution >= 0.6 is 15.9 Å². The molecule has 4 heteroatoms. The lowest BCUT2D eigenvalue weighted by molar-refractivity contribution is 0.0696. The molecule has 3 aliphatic rings. The second kappa shape index (κ2) is 4.73. The van der Waals surface area contributed by atoms with E-state index in [4.69, 9.17) is 0 Å². The van der Waals surface area contributed by atoms with Crippen molar-refractivity contribution in [2.45, 2.75) is 18.4 Å². The number of anilines is 1. The van der Waals surface area contributed by atoms with Crippen LogP contribution in [0.4, 0.5) is 5.69 Å². The third kappa shape index (κ3) is 1.80. The highest BCUT2D eigenvalue weighted by atomic mass is 79.9. The van der Waals surface area contributed by atoms with Gasteiger partial charge >= 0.3 is 5.97 Å². The monoisotopic (exact) mass is 381 g/mol. The quantitative estimate of drug-likeness (QED) is 0.721. The second-order valence-electron chi connectivity index (χ2n) is 7.02. The lowest BCUT2D eigenvalue weighted by Crippen LogP contribution is -2.32. The second-order valence-corrected chi connectivity index (χ2v) is 7.94. The molecule has 1 spiro atoms. The smallest absolute Gasteiger partial charge is 0.335 e. The summed E-state index contributed by atoms with van der Waals surface area (Å²) in [6.07, 6.45) is 5.77. The summed E-state index contributed by atoms with van der Waals surface area (Å²) in [7, 11) is 0. The third-order valence-electron chi connectivity index (χ3n) is 5.89. The molecule has 1 fully saturated rings. The number of carboxylic acids is 1. The number of benzene rings is 2. The Balaban J connectivity index is 1.64. The minimum Gasteiger partial charge on any atom is -0.478 e. The van der Waals surface area contributed by atoms with Crippen LogP contribution in [0.5, 0.6) is 0 Å². The van der Waals surface area contributed by atoms with Gasteiger partial charge in [-0.25, -0.2) is 4.79 Å². The van der Waals surface area contributed by atoms with Gasteiger partial charge in [-0.05, 0) is 53.8 Å². The number of hydrogen-bond acceptors (Lipinski definition) is 2. The van der Waals surface area contributed by atoms with Crippen molar-refractivity contribution in [3.8, 4) is 0 Å². The van der Waals surface area contributed by atoms with Crippen LogP contribution in [0.2, 0.25) is 0 Å². The molecule has 120 valence electrons. The molecule has 0 saturated heterocycles. The number of carboxylic acid groups (broad SMARTS) is 1. The topological polar surface area (TPSA) is 49.3 Å². The maximum Gasteiger partial charge on any atom is 0.335 e. The molecule has 0 bridgehead atoms. The first-order chi connectivity index (χ1) is 11.6. The van der Waals surface area contributed by atoms with E-state index in [9.17, 15) is 9.90 Å².